The maximum atomic E-state index is 13.4. The maximum Gasteiger partial charge on any atom is 0.287 e. The first-order chi connectivity index (χ1) is 14.7. The molecule has 0 aliphatic carbocycles. The van der Waals surface area contributed by atoms with Crippen LogP contribution >= 0.6 is 0 Å². The highest BCUT2D eigenvalue weighted by Crippen LogP contribution is 2.15. The van der Waals surface area contributed by atoms with Crippen LogP contribution in [-0.4, -0.2) is 24.1 Å². The number of unbranched alkanes of at least 4 members (excludes halogenated alkanes) is 2. The Labute approximate surface area is 176 Å². The van der Waals surface area contributed by atoms with Gasteiger partial charge in [-0.3, -0.25) is 15.0 Å². The number of fused-ring (bicyclic) bond motifs is 1. The first-order valence-electron chi connectivity index (χ1n) is 9.51. The Morgan fingerprint density at radius 2 is 1.77 bits per heavy atom. The standard InChI is InChI=1S/C20H20F2N4O4S/c1-2-3-6-11-26-20(28)15-8-5-4-7-14(15)18(24-26)19(27)23-25-31(29,30)13-9-10-16(21)17(22)12-13/h4-5,7-10,12,25H,2-3,6,11H2,1H3,(H,23,27). The quantitative estimate of drug-likeness (QED) is 0.405. The predicted octanol–water partition coefficient (Wildman–Crippen LogP) is 2.49. The number of hydrogen-bond donors (Lipinski definition) is 2. The van der Waals surface area contributed by atoms with Crippen molar-refractivity contribution < 1.29 is 22.0 Å². The highest BCUT2D eigenvalue weighted by molar-refractivity contribution is 7.89. The van der Waals surface area contributed by atoms with Crippen molar-refractivity contribution in [2.24, 2.45) is 0 Å². The molecule has 1 aromatic heterocycles. The Morgan fingerprint density at radius 3 is 2.45 bits per heavy atom. The average molecular weight is 450 g/mol. The van der Waals surface area contributed by atoms with Gasteiger partial charge in [-0.15, -0.1) is 4.83 Å². The minimum absolute atomic E-state index is 0.153. The zero-order valence-corrected chi connectivity index (χ0v) is 17.4. The van der Waals surface area contributed by atoms with Crippen LogP contribution in [0.2, 0.25) is 0 Å². The summed E-state index contributed by atoms with van der Waals surface area (Å²) in [6.45, 7) is 2.31. The van der Waals surface area contributed by atoms with Crippen molar-refractivity contribution in [3.8, 4) is 0 Å². The van der Waals surface area contributed by atoms with E-state index in [9.17, 15) is 26.8 Å². The van der Waals surface area contributed by atoms with E-state index in [2.05, 4.69) is 5.10 Å². The number of halogens is 2. The number of nitrogens with zero attached hydrogens (tertiary/aromatic N) is 2. The van der Waals surface area contributed by atoms with Gasteiger partial charge in [-0.1, -0.05) is 38.0 Å². The lowest BCUT2D eigenvalue weighted by Gasteiger charge is -2.12. The Balaban J connectivity index is 1.90. The first-order valence-corrected chi connectivity index (χ1v) is 11.0. The van der Waals surface area contributed by atoms with E-state index in [1.807, 2.05) is 17.2 Å². The number of hydrogen-bond acceptors (Lipinski definition) is 5. The highest BCUT2D eigenvalue weighted by atomic mass is 32.2. The molecule has 2 N–H and O–H groups in total. The third-order valence-corrected chi connectivity index (χ3v) is 5.80. The van der Waals surface area contributed by atoms with E-state index in [4.69, 9.17) is 0 Å². The minimum atomic E-state index is -4.38. The minimum Gasteiger partial charge on any atom is -0.272 e. The summed E-state index contributed by atoms with van der Waals surface area (Å²) in [6, 6.07) is 8.35. The Bertz CT molecular complexity index is 1290. The molecule has 0 fully saturated rings. The molecule has 0 bridgehead atoms. The number of aromatic nitrogens is 2. The van der Waals surface area contributed by atoms with Gasteiger partial charge in [-0.2, -0.15) is 5.10 Å². The zero-order valence-electron chi connectivity index (χ0n) is 16.6. The van der Waals surface area contributed by atoms with E-state index in [1.165, 1.54) is 10.7 Å². The monoisotopic (exact) mass is 450 g/mol. The topological polar surface area (TPSA) is 110 Å². The molecule has 8 nitrogen and oxygen atoms in total. The number of sulfonamides is 1. The van der Waals surface area contributed by atoms with Gasteiger partial charge in [0.05, 0.1) is 10.3 Å². The summed E-state index contributed by atoms with van der Waals surface area (Å²) in [6.07, 6.45) is 2.49. The lowest BCUT2D eigenvalue weighted by Crippen LogP contribution is -2.42. The largest absolute Gasteiger partial charge is 0.287 e. The molecule has 0 radical (unpaired) electrons. The summed E-state index contributed by atoms with van der Waals surface area (Å²) >= 11 is 0. The average Bonchev–Trinajstić information content (AvgIpc) is 2.75. The van der Waals surface area contributed by atoms with E-state index in [-0.39, 0.29) is 22.0 Å². The fraction of sp³-hybridized carbons (Fsp3) is 0.250. The van der Waals surface area contributed by atoms with Gasteiger partial charge in [0.1, 0.15) is 0 Å². The summed E-state index contributed by atoms with van der Waals surface area (Å²) in [5, 5.41) is 4.64. The predicted molar refractivity (Wildman–Crippen MR) is 110 cm³/mol. The van der Waals surface area contributed by atoms with Gasteiger partial charge in [0.25, 0.3) is 21.5 Å². The first kappa shape index (κ1) is 22.5. The molecule has 0 aliphatic rings. The fourth-order valence-corrected chi connectivity index (χ4v) is 3.79. The zero-order chi connectivity index (χ0) is 22.6. The van der Waals surface area contributed by atoms with Gasteiger partial charge < -0.3 is 0 Å². The molecule has 0 unspecified atom stereocenters. The molecule has 11 heteroatoms. The van der Waals surface area contributed by atoms with E-state index in [1.54, 1.807) is 18.2 Å². The molecule has 3 aromatic rings. The van der Waals surface area contributed by atoms with Crippen LogP contribution in [0.25, 0.3) is 10.8 Å². The van der Waals surface area contributed by atoms with Crippen molar-refractivity contribution >= 4 is 26.7 Å². The van der Waals surface area contributed by atoms with Crippen LogP contribution in [0, 0.1) is 11.6 Å². The maximum absolute atomic E-state index is 13.4. The van der Waals surface area contributed by atoms with E-state index in [0.29, 0.717) is 25.1 Å². The fourth-order valence-electron chi connectivity index (χ4n) is 2.94. The molecule has 0 saturated heterocycles. The van der Waals surface area contributed by atoms with Crippen LogP contribution in [0.15, 0.2) is 52.2 Å². The van der Waals surface area contributed by atoms with Crippen molar-refractivity contribution in [1.82, 2.24) is 20.0 Å². The van der Waals surface area contributed by atoms with Gasteiger partial charge in [0.2, 0.25) is 0 Å². The second-order valence-corrected chi connectivity index (χ2v) is 8.45. The SMILES string of the molecule is CCCCCn1nc(C(=O)NNS(=O)(=O)c2ccc(F)c(F)c2)c2ccccc2c1=O. The molecule has 1 amide bonds. The van der Waals surface area contributed by atoms with Crippen molar-refractivity contribution in [2.75, 3.05) is 0 Å². The third-order valence-electron chi connectivity index (χ3n) is 4.56. The van der Waals surface area contributed by atoms with Crippen molar-refractivity contribution in [3.63, 3.8) is 0 Å². The van der Waals surface area contributed by atoms with Crippen molar-refractivity contribution in [1.29, 1.82) is 0 Å². The van der Waals surface area contributed by atoms with E-state index in [0.717, 1.165) is 18.9 Å². The molecular weight excluding hydrogens is 430 g/mol. The summed E-state index contributed by atoms with van der Waals surface area (Å²) in [5.74, 6) is -3.46. The number of amides is 1. The number of rotatable bonds is 8. The molecule has 0 spiro atoms. The van der Waals surface area contributed by atoms with Gasteiger partial charge in [-0.25, -0.2) is 21.9 Å². The van der Waals surface area contributed by atoms with Crippen LogP contribution in [0.4, 0.5) is 8.78 Å². The number of carbonyl (C=O) groups excluding carboxylic acids is 1. The van der Waals surface area contributed by atoms with Gasteiger partial charge in [0.15, 0.2) is 17.3 Å². The van der Waals surface area contributed by atoms with Crippen LogP contribution in [0.3, 0.4) is 0 Å². The number of nitrogens with one attached hydrogen (secondary N) is 2. The molecule has 164 valence electrons. The smallest absolute Gasteiger partial charge is 0.272 e. The molecule has 0 saturated carbocycles. The van der Waals surface area contributed by atoms with Crippen molar-refractivity contribution in [3.05, 3.63) is 70.1 Å². The second kappa shape index (κ2) is 9.31. The Hall–Kier alpha value is -3.18. The lowest BCUT2D eigenvalue weighted by atomic mass is 10.1. The number of carbonyl (C=O) groups is 1. The molecule has 2 aromatic carbocycles. The molecule has 1 heterocycles. The molecule has 3 rings (SSSR count). The third kappa shape index (κ3) is 4.94. The van der Waals surface area contributed by atoms with Gasteiger partial charge >= 0.3 is 0 Å². The number of aryl methyl sites for hydroxylation is 1. The lowest BCUT2D eigenvalue weighted by molar-refractivity contribution is 0.0939. The van der Waals surface area contributed by atoms with Gasteiger partial charge in [0, 0.05) is 11.9 Å². The summed E-state index contributed by atoms with van der Waals surface area (Å²) < 4.78 is 52.2. The summed E-state index contributed by atoms with van der Waals surface area (Å²) in [4.78, 5) is 26.6. The van der Waals surface area contributed by atoms with Crippen molar-refractivity contribution in [2.45, 2.75) is 37.6 Å². The Kier molecular flexibility index (Phi) is 6.76. The molecule has 0 atom stereocenters. The van der Waals surface area contributed by atoms with E-state index >= 15 is 0 Å². The second-order valence-electron chi connectivity index (χ2n) is 6.77. The van der Waals surface area contributed by atoms with Crippen LogP contribution < -0.4 is 15.8 Å². The summed E-state index contributed by atoms with van der Waals surface area (Å²) in [5.41, 5.74) is 1.50. The summed E-state index contributed by atoms with van der Waals surface area (Å²) in [7, 11) is -4.38. The van der Waals surface area contributed by atoms with Crippen LogP contribution in [0.1, 0.15) is 36.7 Å². The van der Waals surface area contributed by atoms with Gasteiger partial charge in [-0.05, 0) is 30.7 Å². The normalized spacial score (nSPS) is 11.6. The van der Waals surface area contributed by atoms with Crippen LogP contribution in [0.5, 0.6) is 0 Å². The highest BCUT2D eigenvalue weighted by Gasteiger charge is 2.21. The number of hydrazine groups is 1. The Morgan fingerprint density at radius 1 is 1.06 bits per heavy atom. The number of benzene rings is 2. The van der Waals surface area contributed by atoms with E-state index < -0.39 is 32.5 Å². The molecular formula is C20H20F2N4O4S. The molecule has 31 heavy (non-hydrogen) atoms. The van der Waals surface area contributed by atoms with Crippen LogP contribution in [-0.2, 0) is 16.6 Å². The molecule has 0 aliphatic heterocycles.